The van der Waals surface area contributed by atoms with Crippen molar-refractivity contribution in [3.05, 3.63) is 0 Å². The van der Waals surface area contributed by atoms with E-state index in [1.807, 2.05) is 6.92 Å². The highest BCUT2D eigenvalue weighted by molar-refractivity contribution is 6.66. The van der Waals surface area contributed by atoms with E-state index in [0.29, 0.717) is 13.2 Å². The summed E-state index contributed by atoms with van der Waals surface area (Å²) in [5.41, 5.74) is 5.92. The predicted octanol–water partition coefficient (Wildman–Crippen LogP) is 2.65. The molecule has 0 aliphatic carbocycles. The molecule has 19 heavy (non-hydrogen) atoms. The monoisotopic (exact) mass is 291 g/mol. The van der Waals surface area contributed by atoms with E-state index in [4.69, 9.17) is 19.7 Å². The number of nitrogens with two attached hydrogens (primary N) is 1. The number of rotatable bonds is 11. The van der Waals surface area contributed by atoms with Crippen LogP contribution in [0.1, 0.15) is 47.0 Å². The van der Waals surface area contributed by atoms with Gasteiger partial charge in [-0.3, -0.25) is 0 Å². The smallest absolute Gasteiger partial charge is 0.335 e. The van der Waals surface area contributed by atoms with Crippen molar-refractivity contribution in [2.45, 2.75) is 65.7 Å². The van der Waals surface area contributed by atoms with Gasteiger partial charge < -0.3 is 19.7 Å². The van der Waals surface area contributed by atoms with Crippen LogP contribution in [0.2, 0.25) is 12.6 Å². The number of aliphatic hydroxyl groups excluding tert-OH is 1. The Balaban J connectivity index is 4.40. The van der Waals surface area contributed by atoms with Crippen LogP contribution in [-0.2, 0) is 8.85 Å². The molecular formula is C14H33NO3Si. The van der Waals surface area contributed by atoms with Gasteiger partial charge in [0.05, 0.1) is 0 Å². The van der Waals surface area contributed by atoms with Crippen molar-refractivity contribution in [1.29, 1.82) is 0 Å². The molecule has 116 valence electrons. The molecule has 2 unspecified atom stereocenters. The highest BCUT2D eigenvalue weighted by Crippen LogP contribution is 2.28. The molecule has 0 aromatic heterocycles. The summed E-state index contributed by atoms with van der Waals surface area (Å²) in [4.78, 5) is 0. The molecule has 0 aromatic carbocycles. The molecule has 0 spiro atoms. The van der Waals surface area contributed by atoms with Crippen LogP contribution in [0.3, 0.4) is 0 Å². The lowest BCUT2D eigenvalue weighted by Gasteiger charge is -2.33. The van der Waals surface area contributed by atoms with E-state index in [1.165, 1.54) is 0 Å². The van der Waals surface area contributed by atoms with Gasteiger partial charge in [-0.2, -0.15) is 0 Å². The first-order chi connectivity index (χ1) is 8.78. The fraction of sp³-hybridized carbons (Fsp3) is 1.00. The van der Waals surface area contributed by atoms with Gasteiger partial charge in [0.25, 0.3) is 0 Å². The average molecular weight is 292 g/mol. The second kappa shape index (κ2) is 9.08. The average Bonchev–Trinajstić information content (AvgIpc) is 2.34. The summed E-state index contributed by atoms with van der Waals surface area (Å²) < 4.78 is 12.1. The molecular weight excluding hydrogens is 258 g/mol. The van der Waals surface area contributed by atoms with Crippen LogP contribution >= 0.6 is 0 Å². The van der Waals surface area contributed by atoms with Gasteiger partial charge in [-0.05, 0) is 57.7 Å². The lowest BCUT2D eigenvalue weighted by molar-refractivity contribution is 0.115. The maximum atomic E-state index is 8.87. The van der Waals surface area contributed by atoms with Crippen LogP contribution < -0.4 is 5.73 Å². The molecule has 3 N–H and O–H groups in total. The van der Waals surface area contributed by atoms with Gasteiger partial charge >= 0.3 is 8.56 Å². The van der Waals surface area contributed by atoms with E-state index in [0.717, 1.165) is 25.3 Å². The van der Waals surface area contributed by atoms with E-state index in [9.17, 15) is 0 Å². The summed E-state index contributed by atoms with van der Waals surface area (Å²) in [6.45, 7) is 12.2. The van der Waals surface area contributed by atoms with Crippen molar-refractivity contribution in [3.63, 3.8) is 0 Å². The Labute approximate surface area is 119 Å². The summed E-state index contributed by atoms with van der Waals surface area (Å²) >= 11 is 0. The molecule has 0 amide bonds. The van der Waals surface area contributed by atoms with E-state index in [1.54, 1.807) is 0 Å². The number of hydrogen-bond donors (Lipinski definition) is 2. The molecule has 0 bridgehead atoms. The summed E-state index contributed by atoms with van der Waals surface area (Å²) in [6, 6.07) is 0.967. The van der Waals surface area contributed by atoms with Gasteiger partial charge in [0.2, 0.25) is 0 Å². The third kappa shape index (κ3) is 8.76. The van der Waals surface area contributed by atoms with Gasteiger partial charge in [0.15, 0.2) is 0 Å². The van der Waals surface area contributed by atoms with Crippen molar-refractivity contribution >= 4 is 8.56 Å². The van der Waals surface area contributed by atoms with Gasteiger partial charge in [0, 0.05) is 19.3 Å². The summed E-state index contributed by atoms with van der Waals surface area (Å²) in [5, 5.41) is 8.87. The Bertz CT molecular complexity index is 239. The quantitative estimate of drug-likeness (QED) is 0.574. The minimum atomic E-state index is -2.13. The van der Waals surface area contributed by atoms with Gasteiger partial charge in [-0.15, -0.1) is 0 Å². The third-order valence-electron chi connectivity index (χ3n) is 3.48. The first-order valence-electron chi connectivity index (χ1n) is 7.41. The third-order valence-corrected chi connectivity index (χ3v) is 6.44. The molecule has 0 rings (SSSR count). The van der Waals surface area contributed by atoms with Crippen LogP contribution in [0.5, 0.6) is 0 Å². The molecule has 0 aliphatic rings. The van der Waals surface area contributed by atoms with Gasteiger partial charge in [-0.1, -0.05) is 13.8 Å². The van der Waals surface area contributed by atoms with Crippen molar-refractivity contribution < 1.29 is 14.0 Å². The topological polar surface area (TPSA) is 64.7 Å². The molecule has 0 heterocycles. The predicted molar refractivity (Wildman–Crippen MR) is 82.4 cm³/mol. The summed E-state index contributed by atoms with van der Waals surface area (Å²) in [7, 11) is -2.13. The van der Waals surface area contributed by atoms with Crippen molar-refractivity contribution in [2.75, 3.05) is 19.8 Å². The lowest BCUT2D eigenvalue weighted by atomic mass is 9.91. The number of hydrogen-bond acceptors (Lipinski definition) is 4. The Hall–Kier alpha value is 0.0569. The number of aliphatic hydroxyl groups is 1. The Kier molecular flexibility index (Phi) is 9.10. The van der Waals surface area contributed by atoms with Crippen LogP contribution in [0.4, 0.5) is 0 Å². The zero-order chi connectivity index (χ0) is 14.9. The standard InChI is InChI=1S/C14H33NO3Si/c1-6-17-19(5,11-9-14(3,4)12-15)18-13(2)8-7-10-16/h13,16H,6-12,15H2,1-5H3. The summed E-state index contributed by atoms with van der Waals surface area (Å²) in [5.74, 6) is 0. The summed E-state index contributed by atoms with van der Waals surface area (Å²) in [6.07, 6.45) is 2.84. The van der Waals surface area contributed by atoms with E-state index in [2.05, 4.69) is 27.3 Å². The molecule has 0 radical (unpaired) electrons. The van der Waals surface area contributed by atoms with Crippen LogP contribution in [0.15, 0.2) is 0 Å². The largest absolute Gasteiger partial charge is 0.396 e. The zero-order valence-corrected chi connectivity index (χ0v) is 14.4. The molecule has 0 aromatic rings. The fourth-order valence-electron chi connectivity index (χ4n) is 2.00. The van der Waals surface area contributed by atoms with Crippen LogP contribution in [0, 0.1) is 5.41 Å². The Morgan fingerprint density at radius 3 is 2.47 bits per heavy atom. The molecule has 5 heteroatoms. The minimum Gasteiger partial charge on any atom is -0.396 e. The van der Waals surface area contributed by atoms with E-state index >= 15 is 0 Å². The SMILES string of the molecule is CCO[Si](C)(CCC(C)(C)CN)OC(C)CCCO. The molecule has 2 atom stereocenters. The molecule has 0 aliphatic heterocycles. The van der Waals surface area contributed by atoms with Crippen LogP contribution in [0.25, 0.3) is 0 Å². The second-order valence-corrected chi connectivity index (χ2v) is 9.52. The molecule has 4 nitrogen and oxygen atoms in total. The van der Waals surface area contributed by atoms with Crippen LogP contribution in [-0.4, -0.2) is 39.5 Å². The van der Waals surface area contributed by atoms with Gasteiger partial charge in [0.1, 0.15) is 0 Å². The first kappa shape index (κ1) is 19.1. The van der Waals surface area contributed by atoms with E-state index < -0.39 is 8.56 Å². The minimum absolute atomic E-state index is 0.142. The highest BCUT2D eigenvalue weighted by Gasteiger charge is 2.34. The van der Waals surface area contributed by atoms with Crippen molar-refractivity contribution in [3.8, 4) is 0 Å². The van der Waals surface area contributed by atoms with E-state index in [-0.39, 0.29) is 18.1 Å². The highest BCUT2D eigenvalue weighted by atomic mass is 28.4. The Morgan fingerprint density at radius 2 is 2.00 bits per heavy atom. The first-order valence-corrected chi connectivity index (χ1v) is 9.93. The van der Waals surface area contributed by atoms with Crippen molar-refractivity contribution in [1.82, 2.24) is 0 Å². The molecule has 0 saturated carbocycles. The second-order valence-electron chi connectivity index (χ2n) is 6.23. The molecule has 0 fully saturated rings. The molecule has 0 saturated heterocycles. The Morgan fingerprint density at radius 1 is 1.37 bits per heavy atom. The zero-order valence-electron chi connectivity index (χ0n) is 13.4. The normalized spacial score (nSPS) is 17.2. The maximum Gasteiger partial charge on any atom is 0.335 e. The van der Waals surface area contributed by atoms with Crippen molar-refractivity contribution in [2.24, 2.45) is 11.1 Å². The van der Waals surface area contributed by atoms with Gasteiger partial charge in [-0.25, -0.2) is 0 Å². The lowest BCUT2D eigenvalue weighted by Crippen LogP contribution is -2.43. The fourth-order valence-corrected chi connectivity index (χ4v) is 5.04. The maximum absolute atomic E-state index is 8.87.